The zero-order valence-electron chi connectivity index (χ0n) is 6.92. The number of oxime groups is 1. The Kier molecular flexibility index (Phi) is 2.30. The van der Waals surface area contributed by atoms with Crippen LogP contribution in [0.1, 0.15) is 33.6 Å². The highest BCUT2D eigenvalue weighted by Gasteiger charge is 2.27. The molecule has 2 nitrogen and oxygen atoms in total. The lowest BCUT2D eigenvalue weighted by molar-refractivity contribution is 0.0583. The van der Waals surface area contributed by atoms with Crippen molar-refractivity contribution in [2.45, 2.75) is 39.7 Å². The minimum absolute atomic E-state index is 0.352. The zero-order chi connectivity index (χ0) is 7.56. The standard InChI is InChI=1S/C8H15NO/c1-4-7-6(3)9-10-8(7)5-2/h7-8H,4-5H2,1-3H3. The van der Waals surface area contributed by atoms with Crippen molar-refractivity contribution in [1.82, 2.24) is 0 Å². The normalized spacial score (nSPS) is 31.7. The van der Waals surface area contributed by atoms with Gasteiger partial charge < -0.3 is 4.84 Å². The van der Waals surface area contributed by atoms with Crippen molar-refractivity contribution in [3.05, 3.63) is 0 Å². The Balaban J connectivity index is 2.54. The molecule has 0 saturated carbocycles. The summed E-state index contributed by atoms with van der Waals surface area (Å²) in [6.07, 6.45) is 2.57. The van der Waals surface area contributed by atoms with Crippen molar-refractivity contribution in [2.24, 2.45) is 11.1 Å². The smallest absolute Gasteiger partial charge is 0.135 e. The van der Waals surface area contributed by atoms with Crippen molar-refractivity contribution >= 4 is 5.71 Å². The molecule has 0 aliphatic carbocycles. The van der Waals surface area contributed by atoms with Gasteiger partial charge in [-0.25, -0.2) is 0 Å². The molecule has 0 bridgehead atoms. The van der Waals surface area contributed by atoms with Gasteiger partial charge in [0.15, 0.2) is 0 Å². The van der Waals surface area contributed by atoms with E-state index in [9.17, 15) is 0 Å². The van der Waals surface area contributed by atoms with E-state index in [2.05, 4.69) is 19.0 Å². The van der Waals surface area contributed by atoms with E-state index in [4.69, 9.17) is 4.84 Å². The molecule has 0 aromatic rings. The van der Waals surface area contributed by atoms with E-state index in [-0.39, 0.29) is 0 Å². The molecule has 0 saturated heterocycles. The van der Waals surface area contributed by atoms with Crippen LogP contribution in [-0.2, 0) is 4.84 Å². The summed E-state index contributed by atoms with van der Waals surface area (Å²) in [5.41, 5.74) is 1.16. The van der Waals surface area contributed by atoms with Gasteiger partial charge in [0, 0.05) is 5.92 Å². The second-order valence-electron chi connectivity index (χ2n) is 2.80. The Morgan fingerprint density at radius 3 is 2.50 bits per heavy atom. The Hall–Kier alpha value is -0.530. The van der Waals surface area contributed by atoms with Crippen molar-refractivity contribution in [1.29, 1.82) is 0 Å². The Morgan fingerprint density at radius 1 is 1.40 bits per heavy atom. The molecular formula is C8H15NO. The third kappa shape index (κ3) is 1.15. The molecule has 1 heterocycles. The fourth-order valence-corrected chi connectivity index (χ4v) is 1.48. The van der Waals surface area contributed by atoms with Crippen LogP contribution >= 0.6 is 0 Å². The second-order valence-corrected chi connectivity index (χ2v) is 2.80. The van der Waals surface area contributed by atoms with Crippen LogP contribution in [0.5, 0.6) is 0 Å². The van der Waals surface area contributed by atoms with Crippen LogP contribution in [0, 0.1) is 5.92 Å². The van der Waals surface area contributed by atoms with Gasteiger partial charge in [-0.05, 0) is 19.8 Å². The SMILES string of the molecule is CCC1ON=C(C)C1CC. The predicted octanol–water partition coefficient (Wildman–Crippen LogP) is 2.20. The zero-order valence-corrected chi connectivity index (χ0v) is 6.92. The first-order valence-electron chi connectivity index (χ1n) is 3.99. The van der Waals surface area contributed by atoms with Crippen molar-refractivity contribution in [3.63, 3.8) is 0 Å². The van der Waals surface area contributed by atoms with E-state index in [1.807, 2.05) is 6.92 Å². The molecule has 2 atom stereocenters. The summed E-state index contributed by atoms with van der Waals surface area (Å²) in [6.45, 7) is 6.37. The summed E-state index contributed by atoms with van der Waals surface area (Å²) in [4.78, 5) is 5.21. The lowest BCUT2D eigenvalue weighted by atomic mass is 9.94. The van der Waals surface area contributed by atoms with E-state index in [1.54, 1.807) is 0 Å². The molecule has 10 heavy (non-hydrogen) atoms. The summed E-state index contributed by atoms with van der Waals surface area (Å²) in [6, 6.07) is 0. The van der Waals surface area contributed by atoms with E-state index < -0.39 is 0 Å². The maximum Gasteiger partial charge on any atom is 0.135 e. The van der Waals surface area contributed by atoms with Crippen LogP contribution in [0.2, 0.25) is 0 Å². The highest BCUT2D eigenvalue weighted by atomic mass is 16.6. The number of nitrogens with zero attached hydrogens (tertiary/aromatic N) is 1. The average molecular weight is 141 g/mol. The van der Waals surface area contributed by atoms with Gasteiger partial charge in [-0.2, -0.15) is 0 Å². The molecule has 0 radical (unpaired) electrons. The van der Waals surface area contributed by atoms with E-state index in [1.165, 1.54) is 0 Å². The number of rotatable bonds is 2. The van der Waals surface area contributed by atoms with Crippen LogP contribution in [0.15, 0.2) is 5.16 Å². The fraction of sp³-hybridized carbons (Fsp3) is 0.875. The molecule has 1 aliphatic heterocycles. The lowest BCUT2D eigenvalue weighted by Crippen LogP contribution is -2.19. The Labute approximate surface area is 62.3 Å². The molecule has 2 unspecified atom stereocenters. The van der Waals surface area contributed by atoms with E-state index in [0.29, 0.717) is 12.0 Å². The molecule has 0 spiro atoms. The quantitative estimate of drug-likeness (QED) is 0.577. The first-order chi connectivity index (χ1) is 4.79. The summed E-state index contributed by atoms with van der Waals surface area (Å²) < 4.78 is 0. The minimum Gasteiger partial charge on any atom is -0.392 e. The van der Waals surface area contributed by atoms with Crippen molar-refractivity contribution in [3.8, 4) is 0 Å². The van der Waals surface area contributed by atoms with Crippen LogP contribution in [0.3, 0.4) is 0 Å². The highest BCUT2D eigenvalue weighted by molar-refractivity contribution is 5.85. The molecule has 58 valence electrons. The molecule has 0 amide bonds. The summed E-state index contributed by atoms with van der Waals surface area (Å²) in [5, 5.41) is 3.96. The van der Waals surface area contributed by atoms with Crippen LogP contribution < -0.4 is 0 Å². The third-order valence-electron chi connectivity index (χ3n) is 2.16. The van der Waals surface area contributed by atoms with Gasteiger partial charge in [0.1, 0.15) is 6.10 Å². The molecule has 0 aromatic carbocycles. The maximum absolute atomic E-state index is 5.21. The van der Waals surface area contributed by atoms with Gasteiger partial charge in [0.05, 0.1) is 5.71 Å². The number of hydrogen-bond acceptors (Lipinski definition) is 2. The first-order valence-corrected chi connectivity index (χ1v) is 3.99. The van der Waals surface area contributed by atoms with Crippen LogP contribution in [0.4, 0.5) is 0 Å². The molecule has 0 N–H and O–H groups in total. The first kappa shape index (κ1) is 7.58. The van der Waals surface area contributed by atoms with Crippen molar-refractivity contribution < 1.29 is 4.84 Å². The van der Waals surface area contributed by atoms with Crippen molar-refractivity contribution in [2.75, 3.05) is 0 Å². The summed E-state index contributed by atoms with van der Waals surface area (Å²) >= 11 is 0. The molecule has 1 aliphatic rings. The van der Waals surface area contributed by atoms with Gasteiger partial charge in [-0.15, -0.1) is 0 Å². The maximum atomic E-state index is 5.21. The molecule has 0 fully saturated rings. The molecule has 1 rings (SSSR count). The molecule has 2 heteroatoms. The minimum atomic E-state index is 0.352. The van der Waals surface area contributed by atoms with Gasteiger partial charge in [-0.1, -0.05) is 19.0 Å². The summed E-state index contributed by atoms with van der Waals surface area (Å²) in [5.74, 6) is 0.574. The van der Waals surface area contributed by atoms with E-state index in [0.717, 1.165) is 18.6 Å². The number of hydrogen-bond donors (Lipinski definition) is 0. The van der Waals surface area contributed by atoms with Crippen LogP contribution in [-0.4, -0.2) is 11.8 Å². The van der Waals surface area contributed by atoms with Gasteiger partial charge >= 0.3 is 0 Å². The topological polar surface area (TPSA) is 21.6 Å². The summed E-state index contributed by atoms with van der Waals surface area (Å²) in [7, 11) is 0. The third-order valence-corrected chi connectivity index (χ3v) is 2.16. The van der Waals surface area contributed by atoms with Gasteiger partial charge in [0.25, 0.3) is 0 Å². The lowest BCUT2D eigenvalue weighted by Gasteiger charge is -2.12. The largest absolute Gasteiger partial charge is 0.392 e. The molecular weight excluding hydrogens is 126 g/mol. The van der Waals surface area contributed by atoms with Gasteiger partial charge in [-0.3, -0.25) is 0 Å². The fourth-order valence-electron chi connectivity index (χ4n) is 1.48. The monoisotopic (exact) mass is 141 g/mol. The Morgan fingerprint density at radius 2 is 2.10 bits per heavy atom. The highest BCUT2D eigenvalue weighted by Crippen LogP contribution is 2.23. The predicted molar refractivity (Wildman–Crippen MR) is 42.1 cm³/mol. The molecule has 0 aromatic heterocycles. The average Bonchev–Trinajstić information content (AvgIpc) is 2.30. The van der Waals surface area contributed by atoms with Gasteiger partial charge in [0.2, 0.25) is 0 Å². The Bertz CT molecular complexity index is 142. The van der Waals surface area contributed by atoms with E-state index >= 15 is 0 Å². The second kappa shape index (κ2) is 3.04. The van der Waals surface area contributed by atoms with Crippen LogP contribution in [0.25, 0.3) is 0 Å².